The van der Waals surface area contributed by atoms with E-state index in [1.54, 1.807) is 17.0 Å². The Morgan fingerprint density at radius 1 is 1.33 bits per heavy atom. The minimum absolute atomic E-state index is 0.242. The summed E-state index contributed by atoms with van der Waals surface area (Å²) in [6.45, 7) is 1.82. The zero-order chi connectivity index (χ0) is 15.0. The van der Waals surface area contributed by atoms with Gasteiger partial charge in [0.15, 0.2) is 5.65 Å². The van der Waals surface area contributed by atoms with Crippen LogP contribution in [0.15, 0.2) is 36.5 Å². The third-order valence-corrected chi connectivity index (χ3v) is 3.15. The molecule has 0 radical (unpaired) electrons. The molecule has 0 saturated heterocycles. The summed E-state index contributed by atoms with van der Waals surface area (Å²) in [6, 6.07) is -0.376. The molecule has 21 heavy (non-hydrogen) atoms. The second-order valence-electron chi connectivity index (χ2n) is 4.61. The smallest absolute Gasteiger partial charge is 0.406 e. The number of halogens is 3. The summed E-state index contributed by atoms with van der Waals surface area (Å²) in [5, 5.41) is 4.99. The number of aryl methyl sites for hydroxylation is 1. The van der Waals surface area contributed by atoms with Crippen molar-refractivity contribution in [3.63, 3.8) is 0 Å². The molecular formula is C13H11F3N4O. The second-order valence-corrected chi connectivity index (χ2v) is 4.61. The van der Waals surface area contributed by atoms with Gasteiger partial charge < -0.3 is 4.74 Å². The lowest BCUT2D eigenvalue weighted by molar-refractivity contribution is -0.303. The van der Waals surface area contributed by atoms with Crippen LogP contribution in [0.2, 0.25) is 0 Å². The molecular weight excluding hydrogens is 285 g/mol. The summed E-state index contributed by atoms with van der Waals surface area (Å²) in [5.41, 5.74) is 1.36. The average Bonchev–Trinajstić information content (AvgIpc) is 2.82. The fourth-order valence-corrected chi connectivity index (χ4v) is 2.23. The summed E-state index contributed by atoms with van der Waals surface area (Å²) in [5.74, 6) is -0.242. The van der Waals surface area contributed by atoms with Crippen molar-refractivity contribution in [3.8, 4) is 0 Å². The predicted molar refractivity (Wildman–Crippen MR) is 68.1 cm³/mol. The molecule has 1 unspecified atom stereocenters. The third kappa shape index (κ3) is 2.74. The van der Waals surface area contributed by atoms with E-state index >= 15 is 0 Å². The van der Waals surface area contributed by atoms with Crippen LogP contribution in [0.25, 0.3) is 11.0 Å². The number of aromatic nitrogens is 4. The number of alkyl halides is 3. The maximum absolute atomic E-state index is 12.3. The normalized spacial score (nSPS) is 18.9. The van der Waals surface area contributed by atoms with Gasteiger partial charge >= 0.3 is 6.36 Å². The molecule has 1 aliphatic rings. The van der Waals surface area contributed by atoms with Crippen LogP contribution in [0.5, 0.6) is 0 Å². The first kappa shape index (κ1) is 13.6. The molecule has 0 bridgehead atoms. The SMILES string of the molecule is Cc1ncnc2c1cnn2C1C=C(OC(F)(F)F)C=CC1. The number of rotatable bonds is 2. The molecule has 8 heteroatoms. The van der Waals surface area contributed by atoms with Gasteiger partial charge in [0.1, 0.15) is 12.1 Å². The molecule has 1 atom stereocenters. The van der Waals surface area contributed by atoms with Gasteiger partial charge in [-0.2, -0.15) is 5.10 Å². The number of hydrogen-bond acceptors (Lipinski definition) is 4. The van der Waals surface area contributed by atoms with Crippen LogP contribution < -0.4 is 0 Å². The predicted octanol–water partition coefficient (Wildman–Crippen LogP) is 3.06. The molecule has 2 aromatic heterocycles. The second kappa shape index (κ2) is 4.87. The topological polar surface area (TPSA) is 52.8 Å². The van der Waals surface area contributed by atoms with E-state index in [1.165, 1.54) is 18.5 Å². The number of hydrogen-bond donors (Lipinski definition) is 0. The van der Waals surface area contributed by atoms with Gasteiger partial charge in [-0.15, -0.1) is 13.2 Å². The van der Waals surface area contributed by atoms with E-state index in [0.717, 1.165) is 11.1 Å². The standard InChI is InChI=1S/C13H11F3N4O/c1-8-11-6-19-20(12(11)18-7-17-8)9-3-2-4-10(5-9)21-13(14,15)16/h2,4-7,9H,3H2,1H3. The van der Waals surface area contributed by atoms with Crippen molar-refractivity contribution in [1.29, 1.82) is 0 Å². The van der Waals surface area contributed by atoms with Crippen molar-refractivity contribution >= 4 is 11.0 Å². The first-order chi connectivity index (χ1) is 9.94. The fraction of sp³-hybridized carbons (Fsp3) is 0.308. The Morgan fingerprint density at radius 3 is 2.90 bits per heavy atom. The van der Waals surface area contributed by atoms with E-state index in [2.05, 4.69) is 19.8 Å². The van der Waals surface area contributed by atoms with E-state index in [-0.39, 0.29) is 11.8 Å². The number of fused-ring (bicyclic) bond motifs is 1. The highest BCUT2D eigenvalue weighted by atomic mass is 19.4. The van der Waals surface area contributed by atoms with Crippen LogP contribution >= 0.6 is 0 Å². The summed E-state index contributed by atoms with van der Waals surface area (Å²) in [7, 11) is 0. The van der Waals surface area contributed by atoms with E-state index in [4.69, 9.17) is 0 Å². The van der Waals surface area contributed by atoms with Crippen molar-refractivity contribution < 1.29 is 17.9 Å². The molecule has 2 aromatic rings. The van der Waals surface area contributed by atoms with E-state index in [9.17, 15) is 13.2 Å². The van der Waals surface area contributed by atoms with E-state index in [0.29, 0.717) is 12.1 Å². The maximum Gasteiger partial charge on any atom is 0.573 e. The highest BCUT2D eigenvalue weighted by Crippen LogP contribution is 2.29. The van der Waals surface area contributed by atoms with Gasteiger partial charge in [0, 0.05) is 0 Å². The fourth-order valence-electron chi connectivity index (χ4n) is 2.23. The molecule has 0 aromatic carbocycles. The van der Waals surface area contributed by atoms with Gasteiger partial charge in [0.05, 0.1) is 23.3 Å². The van der Waals surface area contributed by atoms with Crippen molar-refractivity contribution in [3.05, 3.63) is 42.2 Å². The highest BCUT2D eigenvalue weighted by Gasteiger charge is 2.32. The summed E-state index contributed by atoms with van der Waals surface area (Å²) >= 11 is 0. The largest absolute Gasteiger partial charge is 0.573 e. The number of nitrogens with zero attached hydrogens (tertiary/aromatic N) is 4. The van der Waals surface area contributed by atoms with Crippen LogP contribution in [0.1, 0.15) is 18.2 Å². The molecule has 0 fully saturated rings. The first-order valence-corrected chi connectivity index (χ1v) is 6.23. The third-order valence-electron chi connectivity index (χ3n) is 3.15. The number of allylic oxidation sites excluding steroid dienone is 3. The van der Waals surface area contributed by atoms with Gasteiger partial charge in [-0.25, -0.2) is 14.6 Å². The van der Waals surface area contributed by atoms with Gasteiger partial charge in [-0.3, -0.25) is 0 Å². The quantitative estimate of drug-likeness (QED) is 0.854. The van der Waals surface area contributed by atoms with Gasteiger partial charge in [0.25, 0.3) is 0 Å². The zero-order valence-electron chi connectivity index (χ0n) is 11.0. The Morgan fingerprint density at radius 2 is 2.14 bits per heavy atom. The molecule has 2 heterocycles. The average molecular weight is 296 g/mol. The van der Waals surface area contributed by atoms with Crippen molar-refractivity contribution in [2.45, 2.75) is 25.7 Å². The monoisotopic (exact) mass is 296 g/mol. The Balaban J connectivity index is 1.96. The maximum atomic E-state index is 12.3. The van der Waals surface area contributed by atoms with Crippen LogP contribution in [0, 0.1) is 6.92 Å². The molecule has 1 aliphatic carbocycles. The minimum Gasteiger partial charge on any atom is -0.406 e. The number of ether oxygens (including phenoxy) is 1. The van der Waals surface area contributed by atoms with Crippen LogP contribution in [0.4, 0.5) is 13.2 Å². The Kier molecular flexibility index (Phi) is 3.15. The molecule has 0 N–H and O–H groups in total. The van der Waals surface area contributed by atoms with E-state index in [1.807, 2.05) is 6.92 Å². The minimum atomic E-state index is -4.71. The van der Waals surface area contributed by atoms with Crippen molar-refractivity contribution in [2.75, 3.05) is 0 Å². The summed E-state index contributed by atoms with van der Waals surface area (Å²) in [6.07, 6.45) is 3.14. The van der Waals surface area contributed by atoms with Gasteiger partial charge in [0.2, 0.25) is 0 Å². The first-order valence-electron chi connectivity index (χ1n) is 6.23. The van der Waals surface area contributed by atoms with Crippen LogP contribution in [-0.2, 0) is 4.74 Å². The van der Waals surface area contributed by atoms with E-state index < -0.39 is 6.36 Å². The molecule has 3 rings (SSSR count). The zero-order valence-corrected chi connectivity index (χ0v) is 11.0. The van der Waals surface area contributed by atoms with Gasteiger partial charge in [-0.05, 0) is 25.5 Å². The Bertz CT molecular complexity index is 733. The van der Waals surface area contributed by atoms with Gasteiger partial charge in [-0.1, -0.05) is 6.08 Å². The van der Waals surface area contributed by atoms with Crippen LogP contribution in [0.3, 0.4) is 0 Å². The Hall–Kier alpha value is -2.38. The molecule has 0 amide bonds. The lowest BCUT2D eigenvalue weighted by Crippen LogP contribution is -2.16. The lowest BCUT2D eigenvalue weighted by Gasteiger charge is -2.18. The summed E-state index contributed by atoms with van der Waals surface area (Å²) in [4.78, 5) is 8.21. The molecule has 110 valence electrons. The molecule has 0 saturated carbocycles. The molecule has 5 nitrogen and oxygen atoms in total. The van der Waals surface area contributed by atoms with Crippen LogP contribution in [-0.4, -0.2) is 26.1 Å². The lowest BCUT2D eigenvalue weighted by atomic mass is 10.1. The summed E-state index contributed by atoms with van der Waals surface area (Å²) < 4.78 is 42.3. The highest BCUT2D eigenvalue weighted by molar-refractivity contribution is 5.76. The Labute approximate surface area is 117 Å². The van der Waals surface area contributed by atoms with Crippen molar-refractivity contribution in [1.82, 2.24) is 19.7 Å². The van der Waals surface area contributed by atoms with Crippen molar-refractivity contribution in [2.24, 2.45) is 0 Å². The molecule has 0 spiro atoms. The molecule has 0 aliphatic heterocycles.